The van der Waals surface area contributed by atoms with Crippen LogP contribution in [0.4, 0.5) is 8.78 Å². The number of benzene rings is 1. The Balaban J connectivity index is 2.24. The SMILES string of the molecule is CC(C)(C)S(=O)C=N[C@H](c1cc(F)cc(F)c1)C1CC1. The molecule has 1 aliphatic rings. The van der Waals surface area contributed by atoms with Crippen molar-refractivity contribution in [2.75, 3.05) is 0 Å². The molecule has 2 rings (SSSR count). The van der Waals surface area contributed by atoms with Gasteiger partial charge in [0.2, 0.25) is 0 Å². The predicted molar refractivity (Wildman–Crippen MR) is 78.2 cm³/mol. The van der Waals surface area contributed by atoms with Crippen molar-refractivity contribution in [1.82, 2.24) is 0 Å². The summed E-state index contributed by atoms with van der Waals surface area (Å²) in [7, 11) is -1.21. The summed E-state index contributed by atoms with van der Waals surface area (Å²) in [5, 5.41) is 0. The van der Waals surface area contributed by atoms with Gasteiger partial charge in [0.1, 0.15) is 11.6 Å². The summed E-state index contributed by atoms with van der Waals surface area (Å²) < 4.78 is 38.2. The molecule has 5 heteroatoms. The molecule has 2 atom stereocenters. The van der Waals surface area contributed by atoms with Crippen molar-refractivity contribution in [3.63, 3.8) is 0 Å². The highest BCUT2D eigenvalue weighted by Crippen LogP contribution is 2.43. The van der Waals surface area contributed by atoms with E-state index < -0.39 is 22.4 Å². The summed E-state index contributed by atoms with van der Waals surface area (Å²) >= 11 is 0. The minimum Gasteiger partial charge on any atom is -0.275 e. The first-order valence-corrected chi connectivity index (χ1v) is 7.88. The molecule has 1 aliphatic carbocycles. The molecule has 1 saturated carbocycles. The summed E-state index contributed by atoms with van der Waals surface area (Å²) in [5.74, 6) is -0.903. The minimum absolute atomic E-state index is 0.296. The molecule has 0 amide bonds. The van der Waals surface area contributed by atoms with E-state index in [1.165, 1.54) is 17.7 Å². The van der Waals surface area contributed by atoms with Crippen molar-refractivity contribution in [2.45, 2.75) is 44.4 Å². The summed E-state index contributed by atoms with van der Waals surface area (Å²) in [6, 6.07) is 3.17. The standard InChI is InChI=1S/C15H19F2NOS/c1-15(2,3)20(19)9-18-14(10-4-5-10)11-6-12(16)8-13(17)7-11/h6-10,14H,4-5H2,1-3H3/t14-,20?/m0/s1. The molecule has 1 fully saturated rings. The van der Waals surface area contributed by atoms with Crippen LogP contribution in [0.15, 0.2) is 23.2 Å². The molecular formula is C15H19F2NOS. The minimum atomic E-state index is -1.21. The summed E-state index contributed by atoms with van der Waals surface area (Å²) in [6.45, 7) is 5.59. The number of halogens is 2. The molecule has 0 aromatic heterocycles. The zero-order valence-electron chi connectivity index (χ0n) is 11.9. The van der Waals surface area contributed by atoms with E-state index >= 15 is 0 Å². The smallest absolute Gasteiger partial charge is 0.126 e. The highest BCUT2D eigenvalue weighted by atomic mass is 32.2. The molecule has 0 heterocycles. The molecule has 0 spiro atoms. The van der Waals surface area contributed by atoms with Gasteiger partial charge in [-0.2, -0.15) is 0 Å². The Bertz CT molecular complexity index is 527. The van der Waals surface area contributed by atoms with Gasteiger partial charge in [-0.1, -0.05) is 0 Å². The average Bonchev–Trinajstić information content (AvgIpc) is 3.10. The van der Waals surface area contributed by atoms with E-state index in [4.69, 9.17) is 0 Å². The monoisotopic (exact) mass is 299 g/mol. The summed E-state index contributed by atoms with van der Waals surface area (Å²) in [4.78, 5) is 4.35. The molecule has 1 unspecified atom stereocenters. The lowest BCUT2D eigenvalue weighted by molar-refractivity contribution is 0.564. The van der Waals surface area contributed by atoms with Crippen LogP contribution in [0.25, 0.3) is 0 Å². The van der Waals surface area contributed by atoms with E-state index in [1.807, 2.05) is 20.8 Å². The van der Waals surface area contributed by atoms with Gasteiger partial charge in [0.25, 0.3) is 0 Å². The molecule has 0 bridgehead atoms. The van der Waals surface area contributed by atoms with Gasteiger partial charge in [0.15, 0.2) is 0 Å². The lowest BCUT2D eigenvalue weighted by Gasteiger charge is -2.16. The molecule has 0 saturated heterocycles. The van der Waals surface area contributed by atoms with E-state index in [-0.39, 0.29) is 10.8 Å². The molecule has 0 N–H and O–H groups in total. The molecule has 1 aromatic rings. The van der Waals surface area contributed by atoms with Crippen LogP contribution in [0.5, 0.6) is 0 Å². The Morgan fingerprint density at radius 3 is 2.25 bits per heavy atom. The molecule has 0 radical (unpaired) electrons. The fourth-order valence-electron chi connectivity index (χ4n) is 1.92. The zero-order chi connectivity index (χ0) is 14.9. The van der Waals surface area contributed by atoms with Crippen LogP contribution in [0.2, 0.25) is 0 Å². The van der Waals surface area contributed by atoms with E-state index in [0.717, 1.165) is 18.9 Å². The van der Waals surface area contributed by atoms with Crippen molar-refractivity contribution in [1.29, 1.82) is 0 Å². The molecule has 20 heavy (non-hydrogen) atoms. The van der Waals surface area contributed by atoms with Gasteiger partial charge in [-0.25, -0.2) is 8.78 Å². The van der Waals surface area contributed by atoms with E-state index in [9.17, 15) is 13.0 Å². The maximum absolute atomic E-state index is 13.3. The van der Waals surface area contributed by atoms with Crippen LogP contribution < -0.4 is 0 Å². The normalized spacial score (nSPS) is 19.2. The number of nitrogens with zero attached hydrogens (tertiary/aromatic N) is 1. The van der Waals surface area contributed by atoms with Crippen LogP contribution in [-0.2, 0) is 10.8 Å². The summed E-state index contributed by atoms with van der Waals surface area (Å²) in [5.41, 5.74) is 1.94. The first kappa shape index (κ1) is 15.3. The average molecular weight is 299 g/mol. The Morgan fingerprint density at radius 2 is 1.80 bits per heavy atom. The Morgan fingerprint density at radius 1 is 1.25 bits per heavy atom. The van der Waals surface area contributed by atoms with Gasteiger partial charge in [-0.15, -0.1) is 0 Å². The summed E-state index contributed by atoms with van der Waals surface area (Å²) in [6.07, 6.45) is 1.98. The highest BCUT2D eigenvalue weighted by Gasteiger charge is 2.32. The second kappa shape index (κ2) is 5.72. The van der Waals surface area contributed by atoms with Gasteiger partial charge in [-0.3, -0.25) is 9.20 Å². The number of hydrogen-bond acceptors (Lipinski definition) is 2. The number of rotatable bonds is 4. The van der Waals surface area contributed by atoms with E-state index in [0.29, 0.717) is 11.5 Å². The van der Waals surface area contributed by atoms with Crippen LogP contribution >= 0.6 is 0 Å². The quantitative estimate of drug-likeness (QED) is 0.610. The van der Waals surface area contributed by atoms with Gasteiger partial charge in [-0.05, 0) is 57.2 Å². The van der Waals surface area contributed by atoms with Crippen molar-refractivity contribution in [2.24, 2.45) is 10.9 Å². The van der Waals surface area contributed by atoms with Crippen molar-refractivity contribution in [3.05, 3.63) is 35.4 Å². The highest BCUT2D eigenvalue weighted by molar-refractivity contribution is 7.99. The Labute approximate surface area is 120 Å². The number of aliphatic imine (C=N–C) groups is 1. The van der Waals surface area contributed by atoms with Gasteiger partial charge >= 0.3 is 0 Å². The van der Waals surface area contributed by atoms with Gasteiger partial charge < -0.3 is 0 Å². The van der Waals surface area contributed by atoms with Gasteiger partial charge in [0, 0.05) is 10.8 Å². The first-order valence-electron chi connectivity index (χ1n) is 6.67. The largest absolute Gasteiger partial charge is 0.275 e. The van der Waals surface area contributed by atoms with Gasteiger partial charge in [0.05, 0.1) is 22.4 Å². The maximum Gasteiger partial charge on any atom is 0.126 e. The van der Waals surface area contributed by atoms with Crippen LogP contribution in [-0.4, -0.2) is 14.5 Å². The predicted octanol–water partition coefficient (Wildman–Crippen LogP) is 3.99. The molecular weight excluding hydrogens is 280 g/mol. The third-order valence-corrected chi connectivity index (χ3v) is 4.74. The lowest BCUT2D eigenvalue weighted by Crippen LogP contribution is -2.22. The van der Waals surface area contributed by atoms with Crippen molar-refractivity contribution in [3.8, 4) is 0 Å². The van der Waals surface area contributed by atoms with E-state index in [2.05, 4.69) is 4.99 Å². The maximum atomic E-state index is 13.3. The topological polar surface area (TPSA) is 29.4 Å². The lowest BCUT2D eigenvalue weighted by atomic mass is 10.0. The van der Waals surface area contributed by atoms with Crippen LogP contribution in [0.1, 0.15) is 45.2 Å². The van der Waals surface area contributed by atoms with Crippen molar-refractivity contribution >= 4 is 16.3 Å². The Kier molecular flexibility index (Phi) is 4.37. The molecule has 2 nitrogen and oxygen atoms in total. The molecule has 1 aromatic carbocycles. The Hall–Kier alpha value is -1.10. The fraction of sp³-hybridized carbons (Fsp3) is 0.533. The second-order valence-electron chi connectivity index (χ2n) is 6.15. The third kappa shape index (κ3) is 3.95. The molecule has 110 valence electrons. The zero-order valence-corrected chi connectivity index (χ0v) is 12.7. The van der Waals surface area contributed by atoms with Crippen LogP contribution in [0.3, 0.4) is 0 Å². The first-order chi connectivity index (χ1) is 9.27. The van der Waals surface area contributed by atoms with E-state index in [1.54, 1.807) is 0 Å². The second-order valence-corrected chi connectivity index (χ2v) is 8.18. The molecule has 0 aliphatic heterocycles. The van der Waals surface area contributed by atoms with Crippen molar-refractivity contribution < 1.29 is 13.0 Å². The number of hydrogen-bond donors (Lipinski definition) is 0. The third-order valence-electron chi connectivity index (χ3n) is 3.22. The van der Waals surface area contributed by atoms with Crippen LogP contribution in [0, 0.1) is 17.6 Å². The fourth-order valence-corrected chi connectivity index (χ4v) is 2.47.